The third kappa shape index (κ3) is 3.69. The highest BCUT2D eigenvalue weighted by atomic mass is 16.5. The van der Waals surface area contributed by atoms with Crippen LogP contribution in [0.3, 0.4) is 0 Å². The van der Waals surface area contributed by atoms with E-state index in [0.29, 0.717) is 17.9 Å². The van der Waals surface area contributed by atoms with Crippen molar-refractivity contribution in [3.63, 3.8) is 0 Å². The average Bonchev–Trinajstić information content (AvgIpc) is 3.33. The molecular weight excluding hydrogens is 392 g/mol. The lowest BCUT2D eigenvalue weighted by molar-refractivity contribution is -0.139. The second-order valence-electron chi connectivity index (χ2n) is 7.72. The molecule has 1 aliphatic rings. The SMILES string of the molecule is CCCCCN1C(=O)C(=O)/C(=C(\O)c2c[nH]c3ccccc23)C1c1ccc(OC)cc1. The van der Waals surface area contributed by atoms with Crippen molar-refractivity contribution in [2.75, 3.05) is 13.7 Å². The molecular formula is C25H26N2O4. The standard InChI is InChI=1S/C25H26N2O4/c1-3-4-7-14-27-22(16-10-12-17(31-2)13-11-16)21(24(29)25(27)30)23(28)19-15-26-20-9-6-5-8-18(19)20/h5-6,8-13,15,22,26,28H,3-4,7,14H2,1-2H3/b23-21-. The quantitative estimate of drug-likeness (QED) is 0.250. The number of ether oxygens (including phenoxy) is 1. The number of H-pyrrole nitrogens is 1. The summed E-state index contributed by atoms with van der Waals surface area (Å²) in [5.41, 5.74) is 2.25. The molecule has 1 aromatic heterocycles. The second kappa shape index (κ2) is 8.68. The number of fused-ring (bicyclic) bond motifs is 1. The highest BCUT2D eigenvalue weighted by Gasteiger charge is 2.45. The second-order valence-corrected chi connectivity index (χ2v) is 7.72. The highest BCUT2D eigenvalue weighted by molar-refractivity contribution is 6.46. The van der Waals surface area contributed by atoms with Crippen molar-refractivity contribution in [3.05, 3.63) is 71.4 Å². The van der Waals surface area contributed by atoms with Gasteiger partial charge in [0, 0.05) is 29.2 Å². The van der Waals surface area contributed by atoms with Crippen LogP contribution in [0, 0.1) is 0 Å². The van der Waals surface area contributed by atoms with Crippen LogP contribution in [0.1, 0.15) is 43.4 Å². The predicted molar refractivity (Wildman–Crippen MR) is 120 cm³/mol. The van der Waals surface area contributed by atoms with E-state index in [2.05, 4.69) is 11.9 Å². The largest absolute Gasteiger partial charge is 0.507 e. The van der Waals surface area contributed by atoms with Crippen molar-refractivity contribution in [2.24, 2.45) is 0 Å². The van der Waals surface area contributed by atoms with E-state index in [1.54, 1.807) is 30.3 Å². The molecule has 0 aliphatic carbocycles. The molecule has 1 amide bonds. The fourth-order valence-corrected chi connectivity index (χ4v) is 4.19. The van der Waals surface area contributed by atoms with Crippen LogP contribution in [-0.4, -0.2) is 40.3 Å². The average molecular weight is 418 g/mol. The van der Waals surface area contributed by atoms with Gasteiger partial charge in [-0.2, -0.15) is 0 Å². The van der Waals surface area contributed by atoms with Crippen molar-refractivity contribution in [1.29, 1.82) is 0 Å². The van der Waals surface area contributed by atoms with Crippen LogP contribution < -0.4 is 4.74 Å². The van der Waals surface area contributed by atoms with Crippen LogP contribution in [0.25, 0.3) is 16.7 Å². The lowest BCUT2D eigenvalue weighted by Crippen LogP contribution is -2.30. The number of hydrogen-bond acceptors (Lipinski definition) is 4. The Bertz CT molecular complexity index is 1140. The molecule has 0 radical (unpaired) electrons. The van der Waals surface area contributed by atoms with E-state index in [9.17, 15) is 14.7 Å². The van der Waals surface area contributed by atoms with E-state index in [-0.39, 0.29) is 11.3 Å². The number of aliphatic hydroxyl groups excluding tert-OH is 1. The van der Waals surface area contributed by atoms with Gasteiger partial charge >= 0.3 is 0 Å². The van der Waals surface area contributed by atoms with Crippen LogP contribution in [0.2, 0.25) is 0 Å². The van der Waals surface area contributed by atoms with E-state index < -0.39 is 17.7 Å². The number of aromatic amines is 1. The zero-order valence-corrected chi connectivity index (χ0v) is 17.7. The number of carbonyl (C=O) groups excluding carboxylic acids is 2. The number of methoxy groups -OCH3 is 1. The Balaban J connectivity index is 1.85. The summed E-state index contributed by atoms with van der Waals surface area (Å²) in [5.74, 6) is -0.698. The molecule has 6 nitrogen and oxygen atoms in total. The molecule has 31 heavy (non-hydrogen) atoms. The number of amides is 1. The fourth-order valence-electron chi connectivity index (χ4n) is 4.19. The third-order valence-electron chi connectivity index (χ3n) is 5.82. The number of rotatable bonds is 7. The van der Waals surface area contributed by atoms with Crippen LogP contribution in [-0.2, 0) is 9.59 Å². The van der Waals surface area contributed by atoms with Gasteiger partial charge in [0.25, 0.3) is 11.7 Å². The van der Waals surface area contributed by atoms with Gasteiger partial charge < -0.3 is 19.7 Å². The Morgan fingerprint density at radius 3 is 2.55 bits per heavy atom. The van der Waals surface area contributed by atoms with Crippen molar-refractivity contribution < 1.29 is 19.4 Å². The van der Waals surface area contributed by atoms with Gasteiger partial charge in [-0.05, 0) is 30.2 Å². The van der Waals surface area contributed by atoms with E-state index in [0.717, 1.165) is 35.7 Å². The first-order valence-electron chi connectivity index (χ1n) is 10.6. The molecule has 1 aliphatic heterocycles. The Kier molecular flexibility index (Phi) is 5.80. The molecule has 160 valence electrons. The van der Waals surface area contributed by atoms with Crippen molar-refractivity contribution in [3.8, 4) is 5.75 Å². The molecule has 0 spiro atoms. The van der Waals surface area contributed by atoms with Crippen molar-refractivity contribution in [1.82, 2.24) is 9.88 Å². The minimum atomic E-state index is -0.653. The lowest BCUT2D eigenvalue weighted by Gasteiger charge is -2.25. The minimum absolute atomic E-state index is 0.122. The smallest absolute Gasteiger partial charge is 0.295 e. The van der Waals surface area contributed by atoms with Gasteiger partial charge in [-0.15, -0.1) is 0 Å². The topological polar surface area (TPSA) is 82.6 Å². The van der Waals surface area contributed by atoms with E-state index in [1.807, 2.05) is 36.4 Å². The van der Waals surface area contributed by atoms with Crippen LogP contribution >= 0.6 is 0 Å². The number of para-hydroxylation sites is 1. The van der Waals surface area contributed by atoms with E-state index in [4.69, 9.17) is 4.74 Å². The maximum absolute atomic E-state index is 13.1. The maximum Gasteiger partial charge on any atom is 0.295 e. The molecule has 2 N–H and O–H groups in total. The normalized spacial score (nSPS) is 18.1. The Morgan fingerprint density at radius 1 is 1.10 bits per heavy atom. The van der Waals surface area contributed by atoms with Gasteiger partial charge in [0.1, 0.15) is 11.5 Å². The number of aliphatic hydroxyl groups is 1. The summed E-state index contributed by atoms with van der Waals surface area (Å²) in [4.78, 5) is 30.7. The molecule has 1 atom stereocenters. The Morgan fingerprint density at radius 2 is 1.84 bits per heavy atom. The van der Waals surface area contributed by atoms with Crippen molar-refractivity contribution >= 4 is 28.4 Å². The first kappa shape index (κ1) is 20.7. The predicted octanol–water partition coefficient (Wildman–Crippen LogP) is 4.79. The van der Waals surface area contributed by atoms with E-state index >= 15 is 0 Å². The number of unbranched alkanes of at least 4 members (excludes halogenated alkanes) is 2. The number of benzene rings is 2. The number of nitrogens with zero attached hydrogens (tertiary/aromatic N) is 1. The number of nitrogens with one attached hydrogen (secondary N) is 1. The maximum atomic E-state index is 13.1. The molecule has 4 rings (SSSR count). The molecule has 1 saturated heterocycles. The van der Waals surface area contributed by atoms with Gasteiger partial charge in [0.2, 0.25) is 0 Å². The van der Waals surface area contributed by atoms with Crippen LogP contribution in [0.15, 0.2) is 60.3 Å². The molecule has 1 unspecified atom stereocenters. The fraction of sp³-hybridized carbons (Fsp3) is 0.280. The highest BCUT2D eigenvalue weighted by Crippen LogP contribution is 2.41. The Hall–Kier alpha value is -3.54. The number of aromatic nitrogens is 1. The zero-order valence-electron chi connectivity index (χ0n) is 17.7. The summed E-state index contributed by atoms with van der Waals surface area (Å²) in [7, 11) is 1.59. The summed E-state index contributed by atoms with van der Waals surface area (Å²) >= 11 is 0. The monoisotopic (exact) mass is 418 g/mol. The molecule has 2 aromatic carbocycles. The molecule has 3 aromatic rings. The Labute approximate surface area is 181 Å². The minimum Gasteiger partial charge on any atom is -0.507 e. The molecule has 0 saturated carbocycles. The van der Waals surface area contributed by atoms with Crippen LogP contribution in [0.4, 0.5) is 0 Å². The number of Topliss-reactive ketones (excluding diaryl/α,β-unsaturated/α-hetero) is 1. The van der Waals surface area contributed by atoms with Gasteiger partial charge in [0.05, 0.1) is 18.7 Å². The van der Waals surface area contributed by atoms with Gasteiger partial charge in [0.15, 0.2) is 0 Å². The van der Waals surface area contributed by atoms with Gasteiger partial charge in [-0.3, -0.25) is 9.59 Å². The molecule has 1 fully saturated rings. The summed E-state index contributed by atoms with van der Waals surface area (Å²) in [5, 5.41) is 12.0. The first-order chi connectivity index (χ1) is 15.1. The summed E-state index contributed by atoms with van der Waals surface area (Å²) in [6.45, 7) is 2.55. The number of ketones is 1. The number of carbonyl (C=O) groups is 2. The summed E-state index contributed by atoms with van der Waals surface area (Å²) in [6.07, 6.45) is 4.44. The number of likely N-dealkylation sites (tertiary alicyclic amines) is 1. The van der Waals surface area contributed by atoms with Gasteiger partial charge in [-0.1, -0.05) is 50.1 Å². The summed E-state index contributed by atoms with van der Waals surface area (Å²) in [6, 6.07) is 14.2. The first-order valence-corrected chi connectivity index (χ1v) is 10.6. The van der Waals surface area contributed by atoms with Gasteiger partial charge in [-0.25, -0.2) is 0 Å². The third-order valence-corrected chi connectivity index (χ3v) is 5.82. The summed E-state index contributed by atoms with van der Waals surface area (Å²) < 4.78 is 5.25. The lowest BCUT2D eigenvalue weighted by atomic mass is 9.95. The molecule has 6 heteroatoms. The van der Waals surface area contributed by atoms with Crippen molar-refractivity contribution in [2.45, 2.75) is 32.2 Å². The molecule has 0 bridgehead atoms. The van der Waals surface area contributed by atoms with E-state index in [1.165, 1.54) is 0 Å². The zero-order chi connectivity index (χ0) is 22.0. The molecule has 2 heterocycles. The number of hydrogen-bond donors (Lipinski definition) is 2. The van der Waals surface area contributed by atoms with Crippen LogP contribution in [0.5, 0.6) is 5.75 Å².